The molecular weight excluding hydrogens is 272 g/mol. The molecule has 0 aliphatic rings. The molecule has 0 N–H and O–H groups in total. The van der Waals surface area contributed by atoms with E-state index >= 15 is 0 Å². The Balaban J connectivity index is 2.58. The van der Waals surface area contributed by atoms with Crippen molar-refractivity contribution < 1.29 is 4.42 Å². The van der Waals surface area contributed by atoms with E-state index < -0.39 is 0 Å². The Bertz CT molecular complexity index is 283. The zero-order valence-corrected chi connectivity index (χ0v) is 12.1. The molecule has 1 aromatic rings. The molecule has 3 heteroatoms. The topological polar surface area (TPSA) is 13.1 Å². The lowest BCUT2D eigenvalue weighted by Crippen LogP contribution is -2.23. The minimum Gasteiger partial charge on any atom is -0.468 e. The number of thioether (sulfide) groups is 1. The molecule has 15 heavy (non-hydrogen) atoms. The molecule has 0 aromatic carbocycles. The van der Waals surface area contributed by atoms with Gasteiger partial charge in [0.25, 0.3) is 0 Å². The van der Waals surface area contributed by atoms with E-state index in [1.807, 2.05) is 18.7 Å². The van der Waals surface area contributed by atoms with Crippen molar-refractivity contribution in [3.63, 3.8) is 0 Å². The van der Waals surface area contributed by atoms with Gasteiger partial charge in [-0.3, -0.25) is 0 Å². The highest BCUT2D eigenvalue weighted by Crippen LogP contribution is 2.36. The van der Waals surface area contributed by atoms with Crippen LogP contribution in [0, 0.1) is 12.3 Å². The predicted octanol–water partition coefficient (Wildman–Crippen LogP) is 4.88. The summed E-state index contributed by atoms with van der Waals surface area (Å²) in [6.45, 7) is 6.57. The highest BCUT2D eigenvalue weighted by Gasteiger charge is 2.25. The Hall–Kier alpha value is 0.110. The minimum atomic E-state index is 0.425. The number of hydrogen-bond acceptors (Lipinski definition) is 2. The lowest BCUT2D eigenvalue weighted by molar-refractivity contribution is 0.359. The maximum absolute atomic E-state index is 5.30. The Labute approximate surface area is 105 Å². The average molecular weight is 291 g/mol. The summed E-state index contributed by atoms with van der Waals surface area (Å²) in [5, 5.41) is 1.08. The van der Waals surface area contributed by atoms with Crippen molar-refractivity contribution in [2.24, 2.45) is 5.41 Å². The first-order chi connectivity index (χ1) is 7.17. The van der Waals surface area contributed by atoms with Gasteiger partial charge >= 0.3 is 0 Å². The zero-order valence-electron chi connectivity index (χ0n) is 9.68. The van der Waals surface area contributed by atoms with E-state index in [1.165, 1.54) is 17.7 Å². The number of furan rings is 1. The first kappa shape index (κ1) is 13.2. The molecule has 86 valence electrons. The number of halogens is 1. The first-order valence-corrected chi connectivity index (χ1v) is 7.51. The highest BCUT2D eigenvalue weighted by atomic mass is 79.9. The smallest absolute Gasteiger partial charge is 0.114 e. The van der Waals surface area contributed by atoms with E-state index in [0.717, 1.165) is 16.8 Å². The van der Waals surface area contributed by atoms with Crippen molar-refractivity contribution in [2.45, 2.75) is 38.5 Å². The van der Waals surface area contributed by atoms with Gasteiger partial charge in [0.1, 0.15) is 5.76 Å². The number of rotatable bonds is 6. The molecule has 1 heterocycles. The molecule has 0 aliphatic heterocycles. The summed E-state index contributed by atoms with van der Waals surface area (Å²) in [7, 11) is 0. The van der Waals surface area contributed by atoms with Crippen LogP contribution in [-0.2, 0) is 0 Å². The molecule has 0 atom stereocenters. The van der Waals surface area contributed by atoms with Gasteiger partial charge in [0.2, 0.25) is 0 Å². The third-order valence-electron chi connectivity index (χ3n) is 3.13. The summed E-state index contributed by atoms with van der Waals surface area (Å²) in [5.74, 6) is 2.20. The number of alkyl halides is 1. The Morgan fingerprint density at radius 3 is 2.47 bits per heavy atom. The van der Waals surface area contributed by atoms with Gasteiger partial charge in [0.05, 0.1) is 6.26 Å². The van der Waals surface area contributed by atoms with Crippen molar-refractivity contribution >= 4 is 27.7 Å². The average Bonchev–Trinajstić information content (AvgIpc) is 2.67. The van der Waals surface area contributed by atoms with Crippen LogP contribution in [0.25, 0.3) is 0 Å². The van der Waals surface area contributed by atoms with Crippen LogP contribution in [0.3, 0.4) is 0 Å². The second-order valence-electron chi connectivity index (χ2n) is 3.97. The maximum Gasteiger partial charge on any atom is 0.114 e. The molecule has 1 rings (SSSR count). The quantitative estimate of drug-likeness (QED) is 0.547. The zero-order chi connectivity index (χ0) is 11.3. The van der Waals surface area contributed by atoms with Gasteiger partial charge in [-0.2, -0.15) is 0 Å². The van der Waals surface area contributed by atoms with Gasteiger partial charge in [-0.1, -0.05) is 29.8 Å². The fourth-order valence-corrected chi connectivity index (χ4v) is 4.06. The van der Waals surface area contributed by atoms with E-state index in [0.29, 0.717) is 5.41 Å². The summed E-state index contributed by atoms with van der Waals surface area (Å²) in [5.41, 5.74) is 0.425. The van der Waals surface area contributed by atoms with Crippen molar-refractivity contribution in [1.29, 1.82) is 0 Å². The molecule has 0 unspecified atom stereocenters. The van der Waals surface area contributed by atoms with Crippen LogP contribution in [0.2, 0.25) is 0 Å². The lowest BCUT2D eigenvalue weighted by Gasteiger charge is -2.28. The van der Waals surface area contributed by atoms with E-state index in [2.05, 4.69) is 35.8 Å². The molecule has 0 fully saturated rings. The van der Waals surface area contributed by atoms with Crippen LogP contribution in [0.4, 0.5) is 0 Å². The van der Waals surface area contributed by atoms with E-state index in [9.17, 15) is 0 Å². The standard InChI is InChI=1S/C12H19BrOS/c1-4-12(5-2,8-13)9-15-11-6-7-14-10(11)3/h6-7H,4-5,8-9H2,1-3H3. The Morgan fingerprint density at radius 2 is 2.07 bits per heavy atom. The van der Waals surface area contributed by atoms with Crippen molar-refractivity contribution in [3.05, 3.63) is 18.1 Å². The van der Waals surface area contributed by atoms with Crippen LogP contribution in [-0.4, -0.2) is 11.1 Å². The largest absolute Gasteiger partial charge is 0.468 e. The molecule has 0 aliphatic carbocycles. The molecule has 0 saturated carbocycles. The van der Waals surface area contributed by atoms with Crippen LogP contribution < -0.4 is 0 Å². The Morgan fingerprint density at radius 1 is 1.40 bits per heavy atom. The molecular formula is C12H19BrOS. The van der Waals surface area contributed by atoms with Crippen LogP contribution >= 0.6 is 27.7 Å². The highest BCUT2D eigenvalue weighted by molar-refractivity contribution is 9.09. The van der Waals surface area contributed by atoms with Gasteiger partial charge in [0.15, 0.2) is 0 Å². The molecule has 1 nitrogen and oxygen atoms in total. The molecule has 0 radical (unpaired) electrons. The summed E-state index contributed by atoms with van der Waals surface area (Å²) in [4.78, 5) is 1.28. The van der Waals surface area contributed by atoms with Gasteiger partial charge in [-0.25, -0.2) is 0 Å². The van der Waals surface area contributed by atoms with Gasteiger partial charge < -0.3 is 4.42 Å². The van der Waals surface area contributed by atoms with E-state index in [-0.39, 0.29) is 0 Å². The van der Waals surface area contributed by atoms with Gasteiger partial charge in [-0.05, 0) is 31.2 Å². The molecule has 0 bridgehead atoms. The Kier molecular flexibility index (Phi) is 5.27. The maximum atomic E-state index is 5.30. The van der Waals surface area contributed by atoms with E-state index in [4.69, 9.17) is 4.42 Å². The van der Waals surface area contributed by atoms with Gasteiger partial charge in [0, 0.05) is 16.0 Å². The van der Waals surface area contributed by atoms with Crippen LogP contribution in [0.15, 0.2) is 21.6 Å². The van der Waals surface area contributed by atoms with Gasteiger partial charge in [-0.15, -0.1) is 11.8 Å². The van der Waals surface area contributed by atoms with Crippen LogP contribution in [0.1, 0.15) is 32.4 Å². The molecule has 0 spiro atoms. The summed E-state index contributed by atoms with van der Waals surface area (Å²) < 4.78 is 5.30. The predicted molar refractivity (Wildman–Crippen MR) is 71.0 cm³/mol. The molecule has 1 aromatic heterocycles. The fraction of sp³-hybridized carbons (Fsp3) is 0.667. The second-order valence-corrected chi connectivity index (χ2v) is 5.55. The monoisotopic (exact) mass is 290 g/mol. The minimum absolute atomic E-state index is 0.425. The number of hydrogen-bond donors (Lipinski definition) is 0. The van der Waals surface area contributed by atoms with Crippen molar-refractivity contribution in [1.82, 2.24) is 0 Å². The number of aryl methyl sites for hydroxylation is 1. The first-order valence-electron chi connectivity index (χ1n) is 5.40. The van der Waals surface area contributed by atoms with E-state index in [1.54, 1.807) is 6.26 Å². The lowest BCUT2D eigenvalue weighted by atomic mass is 9.87. The van der Waals surface area contributed by atoms with Crippen LogP contribution in [0.5, 0.6) is 0 Å². The summed E-state index contributed by atoms with van der Waals surface area (Å²) in [6.07, 6.45) is 4.21. The van der Waals surface area contributed by atoms with Crippen molar-refractivity contribution in [3.8, 4) is 0 Å². The molecule has 0 saturated heterocycles. The molecule has 0 amide bonds. The van der Waals surface area contributed by atoms with Crippen molar-refractivity contribution in [2.75, 3.05) is 11.1 Å². The fourth-order valence-electron chi connectivity index (χ4n) is 1.44. The normalized spacial score (nSPS) is 12.0. The second kappa shape index (κ2) is 6.00. The SMILES string of the molecule is CCC(CC)(CBr)CSc1ccoc1C. The summed E-state index contributed by atoms with van der Waals surface area (Å²) >= 11 is 5.55. The third kappa shape index (κ3) is 3.28. The summed E-state index contributed by atoms with van der Waals surface area (Å²) in [6, 6.07) is 2.06. The third-order valence-corrected chi connectivity index (χ3v) is 5.81.